The molecule has 6 heteroatoms. The standard InChI is InChI=1S/C12H18ClN3O2/c1-2-18-9-3-5-16(6-4-9)12-10(7-17)11(13)14-8-15-12/h8-9,17H,2-7H2,1H3. The summed E-state index contributed by atoms with van der Waals surface area (Å²) in [6.45, 7) is 4.36. The van der Waals surface area contributed by atoms with Gasteiger partial charge in [-0.2, -0.15) is 0 Å². The molecule has 1 saturated heterocycles. The molecule has 1 aromatic heterocycles. The number of rotatable bonds is 4. The van der Waals surface area contributed by atoms with Crippen LogP contribution in [0.2, 0.25) is 5.15 Å². The first-order chi connectivity index (χ1) is 8.76. The third-order valence-electron chi connectivity index (χ3n) is 3.17. The molecule has 0 aromatic carbocycles. The number of ether oxygens (including phenoxy) is 1. The molecule has 0 atom stereocenters. The van der Waals surface area contributed by atoms with Gasteiger partial charge in [0.1, 0.15) is 17.3 Å². The minimum absolute atomic E-state index is 0.138. The Balaban J connectivity index is 2.07. The first kappa shape index (κ1) is 13.5. The number of hydrogen-bond donors (Lipinski definition) is 1. The number of halogens is 1. The van der Waals surface area contributed by atoms with Gasteiger partial charge in [0.05, 0.1) is 18.3 Å². The van der Waals surface area contributed by atoms with E-state index in [2.05, 4.69) is 14.9 Å². The number of nitrogens with zero attached hydrogens (tertiary/aromatic N) is 3. The average Bonchev–Trinajstić information content (AvgIpc) is 2.40. The lowest BCUT2D eigenvalue weighted by Crippen LogP contribution is -2.38. The van der Waals surface area contributed by atoms with Crippen LogP contribution in [0.1, 0.15) is 25.3 Å². The summed E-state index contributed by atoms with van der Waals surface area (Å²) in [6.07, 6.45) is 3.72. The van der Waals surface area contributed by atoms with Crippen molar-refractivity contribution in [2.45, 2.75) is 32.5 Å². The summed E-state index contributed by atoms with van der Waals surface area (Å²) in [5.41, 5.74) is 0.606. The molecule has 0 spiro atoms. The van der Waals surface area contributed by atoms with Gasteiger partial charge in [0.15, 0.2) is 0 Å². The predicted molar refractivity (Wildman–Crippen MR) is 69.8 cm³/mol. The highest BCUT2D eigenvalue weighted by Gasteiger charge is 2.23. The smallest absolute Gasteiger partial charge is 0.140 e. The molecule has 1 fully saturated rings. The number of aliphatic hydroxyl groups excluding tert-OH is 1. The Bertz CT molecular complexity index is 395. The molecule has 2 heterocycles. The Morgan fingerprint density at radius 2 is 2.17 bits per heavy atom. The van der Waals surface area contributed by atoms with Crippen LogP contribution >= 0.6 is 11.6 Å². The number of aromatic nitrogens is 2. The zero-order valence-corrected chi connectivity index (χ0v) is 11.2. The molecule has 0 saturated carbocycles. The molecule has 5 nitrogen and oxygen atoms in total. The van der Waals surface area contributed by atoms with Crippen molar-refractivity contribution in [1.82, 2.24) is 9.97 Å². The van der Waals surface area contributed by atoms with Crippen LogP contribution in [-0.4, -0.2) is 40.9 Å². The van der Waals surface area contributed by atoms with E-state index in [9.17, 15) is 5.11 Å². The molecule has 0 aliphatic carbocycles. The molecular weight excluding hydrogens is 254 g/mol. The van der Waals surface area contributed by atoms with Gasteiger partial charge in [-0.15, -0.1) is 0 Å². The number of piperidine rings is 1. The summed E-state index contributed by atoms with van der Waals surface area (Å²) < 4.78 is 5.61. The summed E-state index contributed by atoms with van der Waals surface area (Å²) >= 11 is 5.96. The van der Waals surface area contributed by atoms with Crippen LogP contribution in [0.15, 0.2) is 6.33 Å². The van der Waals surface area contributed by atoms with Crippen LogP contribution < -0.4 is 4.90 Å². The summed E-state index contributed by atoms with van der Waals surface area (Å²) in [5, 5.41) is 9.68. The van der Waals surface area contributed by atoms with E-state index in [1.165, 1.54) is 6.33 Å². The Morgan fingerprint density at radius 3 is 2.78 bits per heavy atom. The van der Waals surface area contributed by atoms with Crippen LogP contribution in [0.5, 0.6) is 0 Å². The monoisotopic (exact) mass is 271 g/mol. The summed E-state index contributed by atoms with van der Waals surface area (Å²) in [7, 11) is 0. The van der Waals surface area contributed by atoms with E-state index in [4.69, 9.17) is 16.3 Å². The van der Waals surface area contributed by atoms with E-state index < -0.39 is 0 Å². The Morgan fingerprint density at radius 1 is 1.44 bits per heavy atom. The van der Waals surface area contributed by atoms with E-state index >= 15 is 0 Å². The largest absolute Gasteiger partial charge is 0.391 e. The van der Waals surface area contributed by atoms with Crippen LogP contribution in [0, 0.1) is 0 Å². The molecule has 1 aromatic rings. The number of anilines is 1. The molecule has 18 heavy (non-hydrogen) atoms. The van der Waals surface area contributed by atoms with Crippen molar-refractivity contribution >= 4 is 17.4 Å². The zero-order chi connectivity index (χ0) is 13.0. The van der Waals surface area contributed by atoms with Gasteiger partial charge >= 0.3 is 0 Å². The summed E-state index contributed by atoms with van der Waals surface area (Å²) in [4.78, 5) is 10.3. The van der Waals surface area contributed by atoms with Crippen molar-refractivity contribution in [3.63, 3.8) is 0 Å². The average molecular weight is 272 g/mol. The number of hydrogen-bond acceptors (Lipinski definition) is 5. The van der Waals surface area contributed by atoms with Crippen LogP contribution in [0.4, 0.5) is 5.82 Å². The molecule has 2 rings (SSSR count). The van der Waals surface area contributed by atoms with E-state index in [1.54, 1.807) is 0 Å². The van der Waals surface area contributed by atoms with Gasteiger partial charge in [-0.3, -0.25) is 0 Å². The fourth-order valence-electron chi connectivity index (χ4n) is 2.26. The molecule has 0 amide bonds. The molecule has 0 radical (unpaired) electrons. The van der Waals surface area contributed by atoms with Crippen molar-refractivity contribution in [3.05, 3.63) is 17.0 Å². The quantitative estimate of drug-likeness (QED) is 0.844. The van der Waals surface area contributed by atoms with Gasteiger partial charge < -0.3 is 14.7 Å². The van der Waals surface area contributed by atoms with Crippen molar-refractivity contribution in [2.24, 2.45) is 0 Å². The van der Waals surface area contributed by atoms with Crippen molar-refractivity contribution in [3.8, 4) is 0 Å². The van der Waals surface area contributed by atoms with Gasteiger partial charge in [-0.25, -0.2) is 9.97 Å². The van der Waals surface area contributed by atoms with Gasteiger partial charge in [-0.1, -0.05) is 11.6 Å². The predicted octanol–water partition coefficient (Wildman–Crippen LogP) is 1.63. The van der Waals surface area contributed by atoms with Gasteiger partial charge in [0.25, 0.3) is 0 Å². The van der Waals surface area contributed by atoms with Crippen LogP contribution in [0.25, 0.3) is 0 Å². The van der Waals surface area contributed by atoms with Crippen LogP contribution in [0.3, 0.4) is 0 Å². The molecular formula is C12H18ClN3O2. The lowest BCUT2D eigenvalue weighted by molar-refractivity contribution is 0.0458. The van der Waals surface area contributed by atoms with E-state index in [1.807, 2.05) is 6.92 Å². The van der Waals surface area contributed by atoms with Gasteiger partial charge in [0.2, 0.25) is 0 Å². The maximum atomic E-state index is 9.35. The lowest BCUT2D eigenvalue weighted by atomic mass is 10.1. The minimum Gasteiger partial charge on any atom is -0.391 e. The highest BCUT2D eigenvalue weighted by molar-refractivity contribution is 6.30. The molecule has 1 aliphatic rings. The second-order valence-corrected chi connectivity index (χ2v) is 4.62. The van der Waals surface area contributed by atoms with E-state index in [-0.39, 0.29) is 6.61 Å². The fourth-order valence-corrected chi connectivity index (χ4v) is 2.45. The normalized spacial score (nSPS) is 17.2. The highest BCUT2D eigenvalue weighted by Crippen LogP contribution is 2.26. The first-order valence-electron chi connectivity index (χ1n) is 6.23. The maximum Gasteiger partial charge on any atom is 0.140 e. The minimum atomic E-state index is -0.138. The fraction of sp³-hybridized carbons (Fsp3) is 0.667. The Labute approximate surface area is 112 Å². The number of aliphatic hydroxyl groups is 1. The Kier molecular flexibility index (Phi) is 4.74. The van der Waals surface area contributed by atoms with Gasteiger partial charge in [-0.05, 0) is 19.8 Å². The third kappa shape index (κ3) is 2.91. The second-order valence-electron chi connectivity index (χ2n) is 4.27. The molecule has 1 aliphatic heterocycles. The third-order valence-corrected chi connectivity index (χ3v) is 3.50. The molecule has 100 valence electrons. The molecule has 0 bridgehead atoms. The maximum absolute atomic E-state index is 9.35. The summed E-state index contributed by atoms with van der Waals surface area (Å²) in [5.74, 6) is 0.743. The van der Waals surface area contributed by atoms with Crippen LogP contribution in [-0.2, 0) is 11.3 Å². The van der Waals surface area contributed by atoms with Crippen molar-refractivity contribution < 1.29 is 9.84 Å². The van der Waals surface area contributed by atoms with E-state index in [0.29, 0.717) is 16.8 Å². The summed E-state index contributed by atoms with van der Waals surface area (Å²) in [6, 6.07) is 0. The zero-order valence-electron chi connectivity index (χ0n) is 10.5. The van der Waals surface area contributed by atoms with Crippen molar-refractivity contribution in [2.75, 3.05) is 24.6 Å². The second kappa shape index (κ2) is 6.31. The first-order valence-corrected chi connectivity index (χ1v) is 6.60. The van der Waals surface area contributed by atoms with Crippen molar-refractivity contribution in [1.29, 1.82) is 0 Å². The SMILES string of the molecule is CCOC1CCN(c2ncnc(Cl)c2CO)CC1. The molecule has 0 unspecified atom stereocenters. The van der Waals surface area contributed by atoms with Gasteiger partial charge in [0, 0.05) is 19.7 Å². The molecule has 1 N–H and O–H groups in total. The highest BCUT2D eigenvalue weighted by atomic mass is 35.5. The van der Waals surface area contributed by atoms with E-state index in [0.717, 1.165) is 38.4 Å². The Hall–Kier alpha value is -0.910. The lowest BCUT2D eigenvalue weighted by Gasteiger charge is -2.33. The topological polar surface area (TPSA) is 58.5 Å².